The van der Waals surface area contributed by atoms with E-state index in [2.05, 4.69) is 15.5 Å². The fourth-order valence-electron chi connectivity index (χ4n) is 2.33. The third-order valence-electron chi connectivity index (χ3n) is 3.79. The number of nitriles is 1. The van der Waals surface area contributed by atoms with E-state index in [9.17, 15) is 10.1 Å². The van der Waals surface area contributed by atoms with Crippen molar-refractivity contribution in [1.82, 2.24) is 10.2 Å². The Morgan fingerprint density at radius 3 is 2.57 bits per heavy atom. The van der Waals surface area contributed by atoms with E-state index in [0.717, 1.165) is 22.6 Å². The molecule has 0 aliphatic heterocycles. The van der Waals surface area contributed by atoms with Crippen LogP contribution >= 0.6 is 11.3 Å². The van der Waals surface area contributed by atoms with Gasteiger partial charge >= 0.3 is 0 Å². The first-order valence-corrected chi connectivity index (χ1v) is 9.52. The molecule has 0 bridgehead atoms. The van der Waals surface area contributed by atoms with Crippen LogP contribution in [0.15, 0.2) is 60.2 Å². The van der Waals surface area contributed by atoms with Gasteiger partial charge in [-0.2, -0.15) is 5.26 Å². The third kappa shape index (κ3) is 5.25. The molecule has 0 aliphatic carbocycles. The van der Waals surface area contributed by atoms with E-state index in [4.69, 9.17) is 4.74 Å². The van der Waals surface area contributed by atoms with E-state index in [0.29, 0.717) is 17.5 Å². The maximum Gasteiger partial charge on any atom is 0.268 e. The molecule has 6 nitrogen and oxygen atoms in total. The van der Waals surface area contributed by atoms with Crippen LogP contribution < -0.4 is 10.1 Å². The summed E-state index contributed by atoms with van der Waals surface area (Å²) in [5.74, 6) is 0.204. The molecule has 1 aromatic heterocycles. The van der Waals surface area contributed by atoms with Gasteiger partial charge in [-0.05, 0) is 35.8 Å². The van der Waals surface area contributed by atoms with Gasteiger partial charge < -0.3 is 4.74 Å². The molecule has 0 saturated carbocycles. The Kier molecular flexibility index (Phi) is 6.50. The molecule has 28 heavy (non-hydrogen) atoms. The number of anilines is 1. The van der Waals surface area contributed by atoms with E-state index in [1.165, 1.54) is 17.4 Å². The average Bonchev–Trinajstić information content (AvgIpc) is 3.19. The van der Waals surface area contributed by atoms with Crippen LogP contribution in [0.1, 0.15) is 23.1 Å². The number of carbonyl (C=O) groups excluding carboxylic acids is 1. The molecule has 2 aromatic carbocycles. The first kappa shape index (κ1) is 19.3. The van der Waals surface area contributed by atoms with Crippen molar-refractivity contribution in [1.29, 1.82) is 5.26 Å². The molecule has 3 rings (SSSR count). The van der Waals surface area contributed by atoms with Crippen molar-refractivity contribution in [3.63, 3.8) is 0 Å². The lowest BCUT2D eigenvalue weighted by molar-refractivity contribution is -0.112. The lowest BCUT2D eigenvalue weighted by Crippen LogP contribution is -2.13. The molecule has 0 radical (unpaired) electrons. The number of rotatable bonds is 7. The fourth-order valence-corrected chi connectivity index (χ4v) is 3.00. The molecule has 0 atom stereocenters. The highest BCUT2D eigenvalue weighted by Crippen LogP contribution is 2.18. The Bertz CT molecular complexity index is 1000. The Morgan fingerprint density at radius 1 is 1.18 bits per heavy atom. The standard InChI is InChI=1S/C21H18N4O2S/c1-2-19-24-25-21(28-19)23-20(26)17(13-22)12-15-8-10-18(11-9-15)27-14-16-6-4-3-5-7-16/h3-12H,2,14H2,1H3,(H,23,25,26)/b17-12+. The average molecular weight is 390 g/mol. The number of hydrogen-bond acceptors (Lipinski definition) is 6. The van der Waals surface area contributed by atoms with Crippen LogP contribution in [0.3, 0.4) is 0 Å². The van der Waals surface area contributed by atoms with E-state index in [1.807, 2.05) is 43.3 Å². The van der Waals surface area contributed by atoms with Gasteiger partial charge in [0.25, 0.3) is 5.91 Å². The van der Waals surface area contributed by atoms with Crippen LogP contribution in [-0.2, 0) is 17.8 Å². The molecule has 1 amide bonds. The van der Waals surface area contributed by atoms with Gasteiger partial charge in [0.1, 0.15) is 29.0 Å². The topological polar surface area (TPSA) is 87.9 Å². The van der Waals surface area contributed by atoms with E-state index < -0.39 is 5.91 Å². The predicted molar refractivity (Wildman–Crippen MR) is 109 cm³/mol. The van der Waals surface area contributed by atoms with Crippen molar-refractivity contribution < 1.29 is 9.53 Å². The second-order valence-electron chi connectivity index (χ2n) is 5.82. The van der Waals surface area contributed by atoms with Crippen molar-refractivity contribution in [2.75, 3.05) is 5.32 Å². The summed E-state index contributed by atoms with van der Waals surface area (Å²) in [5.41, 5.74) is 1.80. The Morgan fingerprint density at radius 2 is 1.93 bits per heavy atom. The van der Waals surface area contributed by atoms with Crippen LogP contribution in [0, 0.1) is 11.3 Å². The van der Waals surface area contributed by atoms with E-state index in [-0.39, 0.29) is 5.57 Å². The normalized spacial score (nSPS) is 10.9. The number of hydrogen-bond donors (Lipinski definition) is 1. The molecule has 140 valence electrons. The van der Waals surface area contributed by atoms with Crippen molar-refractivity contribution >= 4 is 28.5 Å². The van der Waals surface area contributed by atoms with Gasteiger partial charge in [0, 0.05) is 0 Å². The monoisotopic (exact) mass is 390 g/mol. The number of nitrogens with zero attached hydrogens (tertiary/aromatic N) is 3. The zero-order chi connectivity index (χ0) is 19.8. The molecular weight excluding hydrogens is 372 g/mol. The van der Waals surface area contributed by atoms with Gasteiger partial charge in [0.05, 0.1) is 0 Å². The van der Waals surface area contributed by atoms with Crippen LogP contribution in [0.2, 0.25) is 0 Å². The second kappa shape index (κ2) is 9.44. The second-order valence-corrected chi connectivity index (χ2v) is 6.88. The van der Waals surface area contributed by atoms with Gasteiger partial charge in [-0.1, -0.05) is 60.7 Å². The summed E-state index contributed by atoms with van der Waals surface area (Å²) in [4.78, 5) is 12.3. The molecule has 0 unspecified atom stereocenters. The molecule has 7 heteroatoms. The fraction of sp³-hybridized carbons (Fsp3) is 0.143. The quantitative estimate of drug-likeness (QED) is 0.482. The highest BCUT2D eigenvalue weighted by molar-refractivity contribution is 7.15. The van der Waals surface area contributed by atoms with Gasteiger partial charge in [-0.25, -0.2) is 0 Å². The first-order valence-electron chi connectivity index (χ1n) is 8.70. The summed E-state index contributed by atoms with van der Waals surface area (Å²) in [7, 11) is 0. The van der Waals surface area contributed by atoms with Crippen LogP contribution in [-0.4, -0.2) is 16.1 Å². The molecule has 0 aliphatic rings. The number of carbonyl (C=O) groups is 1. The molecule has 0 fully saturated rings. The number of nitrogens with one attached hydrogen (secondary N) is 1. The SMILES string of the molecule is CCc1nnc(NC(=O)/C(C#N)=C/c2ccc(OCc3ccccc3)cc2)s1. The van der Waals surface area contributed by atoms with Gasteiger partial charge in [-0.15, -0.1) is 10.2 Å². The van der Waals surface area contributed by atoms with Crippen molar-refractivity contribution in [3.05, 3.63) is 76.3 Å². The lowest BCUT2D eigenvalue weighted by atomic mass is 10.1. The van der Waals surface area contributed by atoms with Gasteiger partial charge in [0.15, 0.2) is 0 Å². The molecule has 0 spiro atoms. The summed E-state index contributed by atoms with van der Waals surface area (Å²) in [6.45, 7) is 2.43. The van der Waals surface area contributed by atoms with Gasteiger partial charge in [0.2, 0.25) is 5.13 Å². The minimum absolute atomic E-state index is 0.00815. The Balaban J connectivity index is 1.63. The van der Waals surface area contributed by atoms with Crippen molar-refractivity contribution in [3.8, 4) is 11.8 Å². The number of ether oxygens (including phenoxy) is 1. The summed E-state index contributed by atoms with van der Waals surface area (Å²) < 4.78 is 5.74. The molecule has 0 saturated heterocycles. The number of benzene rings is 2. The van der Waals surface area contributed by atoms with Gasteiger partial charge in [-0.3, -0.25) is 10.1 Å². The van der Waals surface area contributed by atoms with Crippen LogP contribution in [0.5, 0.6) is 5.75 Å². The Labute approximate surface area is 167 Å². The van der Waals surface area contributed by atoms with Crippen LogP contribution in [0.4, 0.5) is 5.13 Å². The summed E-state index contributed by atoms with van der Waals surface area (Å²) in [6, 6.07) is 19.0. The molecule has 3 aromatic rings. The summed E-state index contributed by atoms with van der Waals surface area (Å²) >= 11 is 1.29. The Hall–Kier alpha value is -3.50. The number of amides is 1. The summed E-state index contributed by atoms with van der Waals surface area (Å²) in [6.07, 6.45) is 2.27. The largest absolute Gasteiger partial charge is 0.489 e. The molecule has 1 heterocycles. The minimum atomic E-state index is -0.509. The third-order valence-corrected chi connectivity index (χ3v) is 4.78. The van der Waals surface area contributed by atoms with E-state index in [1.54, 1.807) is 24.3 Å². The van der Waals surface area contributed by atoms with Crippen molar-refractivity contribution in [2.24, 2.45) is 0 Å². The van der Waals surface area contributed by atoms with Crippen molar-refractivity contribution in [2.45, 2.75) is 20.0 Å². The molecular formula is C21H18N4O2S. The summed E-state index contributed by atoms with van der Waals surface area (Å²) in [5, 5.41) is 21.0. The highest BCUT2D eigenvalue weighted by Gasteiger charge is 2.12. The zero-order valence-corrected chi connectivity index (χ0v) is 16.1. The minimum Gasteiger partial charge on any atom is -0.489 e. The highest BCUT2D eigenvalue weighted by atomic mass is 32.1. The lowest BCUT2D eigenvalue weighted by Gasteiger charge is -2.06. The smallest absolute Gasteiger partial charge is 0.268 e. The number of aryl methyl sites for hydroxylation is 1. The van der Waals surface area contributed by atoms with Crippen LogP contribution in [0.25, 0.3) is 6.08 Å². The maximum atomic E-state index is 12.3. The first-order chi connectivity index (χ1) is 13.7. The zero-order valence-electron chi connectivity index (χ0n) is 15.3. The molecule has 1 N–H and O–H groups in total. The van der Waals surface area contributed by atoms with E-state index >= 15 is 0 Å². The predicted octanol–water partition coefficient (Wildman–Crippen LogP) is 4.23. The number of aromatic nitrogens is 2. The maximum absolute atomic E-state index is 12.3.